The number of nitrogens with two attached hydrogens (primary N) is 1. The second-order valence-corrected chi connectivity index (χ2v) is 7.02. The Morgan fingerprint density at radius 1 is 1.43 bits per heavy atom. The van der Waals surface area contributed by atoms with E-state index in [0.29, 0.717) is 12.5 Å². The fraction of sp³-hybridized carbons (Fsp3) is 0.500. The molecule has 1 aliphatic rings. The maximum atomic E-state index is 13.8. The van der Waals surface area contributed by atoms with Crippen LogP contribution >= 0.6 is 0 Å². The highest BCUT2D eigenvalue weighted by Gasteiger charge is 2.21. The zero-order valence-corrected chi connectivity index (χ0v) is 12.7. The normalized spacial score (nSPS) is 15.6. The van der Waals surface area contributed by atoms with E-state index in [2.05, 4.69) is 5.32 Å². The Balaban J connectivity index is 2.11. The zero-order chi connectivity index (χ0) is 15.6. The number of amides is 1. The number of nitrogens with one attached hydrogen (secondary N) is 1. The number of carbonyl (C=O) groups excluding carboxylic acids is 1. The zero-order valence-electron chi connectivity index (χ0n) is 11.9. The summed E-state index contributed by atoms with van der Waals surface area (Å²) in [7, 11) is -4.20. The second kappa shape index (κ2) is 6.11. The molecule has 1 amide bonds. The van der Waals surface area contributed by atoms with Crippen LogP contribution in [0.3, 0.4) is 0 Å². The van der Waals surface area contributed by atoms with Crippen LogP contribution in [0.25, 0.3) is 0 Å². The summed E-state index contributed by atoms with van der Waals surface area (Å²) in [5.74, 6) is -0.661. The molecule has 0 bridgehead atoms. The highest BCUT2D eigenvalue weighted by atomic mass is 32.2. The van der Waals surface area contributed by atoms with E-state index >= 15 is 0 Å². The number of aryl methyl sites for hydroxylation is 1. The van der Waals surface area contributed by atoms with Gasteiger partial charge in [0.25, 0.3) is 5.91 Å². The van der Waals surface area contributed by atoms with Gasteiger partial charge in [0.05, 0.1) is 0 Å². The third-order valence-corrected chi connectivity index (χ3v) is 4.76. The number of benzene rings is 1. The topological polar surface area (TPSA) is 89.3 Å². The van der Waals surface area contributed by atoms with Crippen LogP contribution < -0.4 is 10.5 Å². The number of sulfonamides is 1. The standard InChI is InChI=1S/C14H19FN2O3S/c1-9-7-11(8-12(13(9)15)21(16,19)20)14(18)17-6-5-10-3-2-4-10/h7-8,10H,2-6H2,1H3,(H,17,18)(H2,16,19,20). The molecule has 0 heterocycles. The van der Waals surface area contributed by atoms with Gasteiger partial charge in [0.15, 0.2) is 0 Å². The maximum Gasteiger partial charge on any atom is 0.251 e. The maximum absolute atomic E-state index is 13.8. The predicted octanol–water partition coefficient (Wildman–Crippen LogP) is 1.70. The van der Waals surface area contributed by atoms with Crippen LogP contribution in [-0.2, 0) is 10.0 Å². The van der Waals surface area contributed by atoms with Gasteiger partial charge in [0, 0.05) is 12.1 Å². The molecule has 0 unspecified atom stereocenters. The molecule has 0 radical (unpaired) electrons. The fourth-order valence-electron chi connectivity index (χ4n) is 2.35. The van der Waals surface area contributed by atoms with Crippen LogP contribution in [0.15, 0.2) is 17.0 Å². The lowest BCUT2D eigenvalue weighted by Gasteiger charge is -2.25. The van der Waals surface area contributed by atoms with E-state index in [4.69, 9.17) is 5.14 Å². The van der Waals surface area contributed by atoms with Crippen molar-refractivity contribution in [2.45, 2.75) is 37.5 Å². The van der Waals surface area contributed by atoms with Gasteiger partial charge in [-0.25, -0.2) is 17.9 Å². The number of halogens is 1. The first-order valence-electron chi connectivity index (χ1n) is 6.90. The number of hydrogen-bond acceptors (Lipinski definition) is 3. The molecule has 1 aromatic carbocycles. The van der Waals surface area contributed by atoms with Crippen molar-refractivity contribution in [2.24, 2.45) is 11.1 Å². The molecule has 5 nitrogen and oxygen atoms in total. The molecule has 21 heavy (non-hydrogen) atoms. The predicted molar refractivity (Wildman–Crippen MR) is 76.8 cm³/mol. The van der Waals surface area contributed by atoms with Gasteiger partial charge in [-0.2, -0.15) is 0 Å². The molecule has 0 atom stereocenters. The Morgan fingerprint density at radius 3 is 2.62 bits per heavy atom. The summed E-state index contributed by atoms with van der Waals surface area (Å²) in [4.78, 5) is 11.4. The molecule has 3 N–H and O–H groups in total. The molecule has 1 aromatic rings. The summed E-state index contributed by atoms with van der Waals surface area (Å²) in [5.41, 5.74) is 0.178. The number of primary sulfonamides is 1. The van der Waals surface area contributed by atoms with Crippen LogP contribution in [0.4, 0.5) is 4.39 Å². The van der Waals surface area contributed by atoms with Crippen molar-refractivity contribution in [3.05, 3.63) is 29.1 Å². The minimum absolute atomic E-state index is 0.0747. The van der Waals surface area contributed by atoms with Gasteiger partial charge in [0.2, 0.25) is 10.0 Å². The molecule has 1 fully saturated rings. The lowest BCUT2D eigenvalue weighted by atomic mass is 9.83. The Hall–Kier alpha value is -1.47. The lowest BCUT2D eigenvalue weighted by Crippen LogP contribution is -2.28. The Kier molecular flexibility index (Phi) is 4.63. The fourth-order valence-corrected chi connectivity index (χ4v) is 3.05. The molecule has 1 saturated carbocycles. The quantitative estimate of drug-likeness (QED) is 0.867. The Bertz CT molecular complexity index is 654. The average molecular weight is 314 g/mol. The van der Waals surface area contributed by atoms with Gasteiger partial charge < -0.3 is 5.32 Å². The summed E-state index contributed by atoms with van der Waals surface area (Å²) in [5, 5.41) is 7.69. The first-order chi connectivity index (χ1) is 9.79. The van der Waals surface area contributed by atoms with Crippen molar-refractivity contribution in [1.29, 1.82) is 0 Å². The van der Waals surface area contributed by atoms with E-state index in [1.54, 1.807) is 0 Å². The molecule has 0 aromatic heterocycles. The van der Waals surface area contributed by atoms with Gasteiger partial charge in [-0.3, -0.25) is 4.79 Å². The summed E-state index contributed by atoms with van der Waals surface area (Å²) in [6.07, 6.45) is 4.55. The van der Waals surface area contributed by atoms with E-state index in [1.807, 2.05) is 0 Å². The van der Waals surface area contributed by atoms with Crippen LogP contribution in [0.1, 0.15) is 41.6 Å². The lowest BCUT2D eigenvalue weighted by molar-refractivity contribution is 0.0948. The number of carbonyl (C=O) groups is 1. The largest absolute Gasteiger partial charge is 0.352 e. The van der Waals surface area contributed by atoms with E-state index in [0.717, 1.165) is 12.5 Å². The van der Waals surface area contributed by atoms with Crippen LogP contribution in [-0.4, -0.2) is 20.9 Å². The van der Waals surface area contributed by atoms with Gasteiger partial charge in [-0.05, 0) is 37.0 Å². The van der Waals surface area contributed by atoms with E-state index in [9.17, 15) is 17.6 Å². The second-order valence-electron chi connectivity index (χ2n) is 5.49. The number of hydrogen-bond donors (Lipinski definition) is 2. The highest BCUT2D eigenvalue weighted by Crippen LogP contribution is 2.28. The minimum Gasteiger partial charge on any atom is -0.352 e. The Labute approximate surface area is 123 Å². The molecular formula is C14H19FN2O3S. The van der Waals surface area contributed by atoms with Crippen molar-refractivity contribution in [3.8, 4) is 0 Å². The van der Waals surface area contributed by atoms with Crippen LogP contribution in [0, 0.1) is 18.7 Å². The van der Waals surface area contributed by atoms with Crippen molar-refractivity contribution in [3.63, 3.8) is 0 Å². The summed E-state index contributed by atoms with van der Waals surface area (Å²) in [6, 6.07) is 2.30. The smallest absolute Gasteiger partial charge is 0.251 e. The van der Waals surface area contributed by atoms with E-state index in [-0.39, 0.29) is 11.1 Å². The molecule has 0 spiro atoms. The monoisotopic (exact) mass is 314 g/mol. The minimum atomic E-state index is -4.20. The third-order valence-electron chi connectivity index (χ3n) is 3.85. The molecule has 1 aliphatic carbocycles. The molecule has 7 heteroatoms. The summed E-state index contributed by atoms with van der Waals surface area (Å²) in [6.45, 7) is 1.93. The Morgan fingerprint density at radius 2 is 2.10 bits per heavy atom. The van der Waals surface area contributed by atoms with Gasteiger partial charge in [-0.15, -0.1) is 0 Å². The third kappa shape index (κ3) is 3.79. The van der Waals surface area contributed by atoms with Crippen molar-refractivity contribution in [1.82, 2.24) is 5.32 Å². The number of rotatable bonds is 5. The molecular weight excluding hydrogens is 295 g/mol. The van der Waals surface area contributed by atoms with Gasteiger partial charge in [0.1, 0.15) is 10.7 Å². The first kappa shape index (κ1) is 15.9. The highest BCUT2D eigenvalue weighted by molar-refractivity contribution is 7.89. The molecule has 0 saturated heterocycles. The molecule has 2 rings (SSSR count). The average Bonchev–Trinajstić information content (AvgIpc) is 2.33. The summed E-state index contributed by atoms with van der Waals surface area (Å²) >= 11 is 0. The van der Waals surface area contributed by atoms with Gasteiger partial charge in [-0.1, -0.05) is 19.3 Å². The summed E-state index contributed by atoms with van der Waals surface area (Å²) < 4.78 is 36.4. The van der Waals surface area contributed by atoms with Crippen molar-refractivity contribution >= 4 is 15.9 Å². The van der Waals surface area contributed by atoms with E-state index in [1.165, 1.54) is 32.3 Å². The van der Waals surface area contributed by atoms with Crippen LogP contribution in [0.5, 0.6) is 0 Å². The molecule has 116 valence electrons. The van der Waals surface area contributed by atoms with Crippen LogP contribution in [0.2, 0.25) is 0 Å². The molecule has 0 aliphatic heterocycles. The van der Waals surface area contributed by atoms with Gasteiger partial charge >= 0.3 is 0 Å². The SMILES string of the molecule is Cc1cc(C(=O)NCCC2CCC2)cc(S(N)(=O)=O)c1F. The van der Waals surface area contributed by atoms with Crippen molar-refractivity contribution in [2.75, 3.05) is 6.54 Å². The first-order valence-corrected chi connectivity index (χ1v) is 8.45. The van der Waals surface area contributed by atoms with E-state index < -0.39 is 26.6 Å². The van der Waals surface area contributed by atoms with Crippen molar-refractivity contribution < 1.29 is 17.6 Å².